The number of ketones is 1. The summed E-state index contributed by atoms with van der Waals surface area (Å²) in [6.45, 7) is 0. The van der Waals surface area contributed by atoms with Crippen molar-refractivity contribution in [2.24, 2.45) is 0 Å². The zero-order valence-electron chi connectivity index (χ0n) is 10.4. The molecule has 0 N–H and O–H groups in total. The molecule has 20 heavy (non-hydrogen) atoms. The van der Waals surface area contributed by atoms with Crippen molar-refractivity contribution in [1.29, 1.82) is 0 Å². The number of halogens is 2. The molecule has 0 radical (unpaired) electrons. The summed E-state index contributed by atoms with van der Waals surface area (Å²) in [7, 11) is 0. The predicted molar refractivity (Wildman–Crippen MR) is 84.0 cm³/mol. The Kier molecular flexibility index (Phi) is 3.68. The zero-order chi connectivity index (χ0) is 14.1. The number of thiophene rings is 1. The Balaban J connectivity index is 1.90. The van der Waals surface area contributed by atoms with Gasteiger partial charge in [0.05, 0.1) is 4.47 Å². The number of carbonyl (C=O) groups excluding carboxylic acids is 1. The highest BCUT2D eigenvalue weighted by molar-refractivity contribution is 9.10. The Bertz CT molecular complexity index is 794. The van der Waals surface area contributed by atoms with E-state index >= 15 is 0 Å². The Morgan fingerprint density at radius 1 is 1.20 bits per heavy atom. The SMILES string of the molecule is O=C(Cc1csc2ccccc12)c1ccc(F)c(Br)c1. The van der Waals surface area contributed by atoms with E-state index in [4.69, 9.17) is 0 Å². The zero-order valence-corrected chi connectivity index (χ0v) is 12.8. The minimum Gasteiger partial charge on any atom is -0.294 e. The second-order valence-electron chi connectivity index (χ2n) is 4.49. The van der Waals surface area contributed by atoms with Crippen molar-refractivity contribution < 1.29 is 9.18 Å². The van der Waals surface area contributed by atoms with E-state index in [9.17, 15) is 9.18 Å². The van der Waals surface area contributed by atoms with E-state index in [2.05, 4.69) is 15.9 Å². The van der Waals surface area contributed by atoms with E-state index in [0.29, 0.717) is 16.5 Å². The Morgan fingerprint density at radius 3 is 2.80 bits per heavy atom. The van der Waals surface area contributed by atoms with Crippen LogP contribution in [-0.4, -0.2) is 5.78 Å². The van der Waals surface area contributed by atoms with Crippen LogP contribution in [-0.2, 0) is 6.42 Å². The van der Waals surface area contributed by atoms with Crippen molar-refractivity contribution >= 4 is 43.1 Å². The monoisotopic (exact) mass is 348 g/mol. The number of hydrogen-bond donors (Lipinski definition) is 0. The van der Waals surface area contributed by atoms with Gasteiger partial charge in [-0.05, 0) is 56.5 Å². The Morgan fingerprint density at radius 2 is 2.00 bits per heavy atom. The van der Waals surface area contributed by atoms with Gasteiger partial charge in [-0.2, -0.15) is 0 Å². The minimum atomic E-state index is -0.359. The lowest BCUT2D eigenvalue weighted by molar-refractivity contribution is 0.0993. The minimum absolute atomic E-state index is 0.00532. The Labute approximate surface area is 128 Å². The molecule has 0 spiro atoms. The van der Waals surface area contributed by atoms with Gasteiger partial charge in [-0.25, -0.2) is 4.39 Å². The third-order valence-corrected chi connectivity index (χ3v) is 4.77. The van der Waals surface area contributed by atoms with Gasteiger partial charge in [-0.1, -0.05) is 18.2 Å². The number of hydrogen-bond acceptors (Lipinski definition) is 2. The first-order valence-corrected chi connectivity index (χ1v) is 7.76. The maximum Gasteiger partial charge on any atom is 0.167 e. The van der Waals surface area contributed by atoms with Crippen LogP contribution in [0.1, 0.15) is 15.9 Å². The number of benzene rings is 2. The standard InChI is InChI=1S/C16H10BrFOS/c17-13-7-10(5-6-14(13)18)15(19)8-11-9-20-16-4-2-1-3-12(11)16/h1-7,9H,8H2. The average Bonchev–Trinajstić information content (AvgIpc) is 2.85. The molecule has 0 atom stereocenters. The van der Waals surface area contributed by atoms with Gasteiger partial charge in [-0.15, -0.1) is 11.3 Å². The van der Waals surface area contributed by atoms with Gasteiger partial charge < -0.3 is 0 Å². The number of fused-ring (bicyclic) bond motifs is 1. The highest BCUT2D eigenvalue weighted by atomic mass is 79.9. The lowest BCUT2D eigenvalue weighted by Crippen LogP contribution is -2.03. The van der Waals surface area contributed by atoms with E-state index in [1.54, 1.807) is 11.3 Å². The molecular weight excluding hydrogens is 339 g/mol. The molecule has 4 heteroatoms. The molecule has 0 saturated heterocycles. The van der Waals surface area contributed by atoms with E-state index < -0.39 is 0 Å². The molecule has 0 aliphatic heterocycles. The molecule has 0 aliphatic rings. The first kappa shape index (κ1) is 13.5. The van der Waals surface area contributed by atoms with Crippen molar-refractivity contribution in [2.75, 3.05) is 0 Å². The van der Waals surface area contributed by atoms with Gasteiger partial charge in [0.1, 0.15) is 5.82 Å². The second kappa shape index (κ2) is 5.46. The van der Waals surface area contributed by atoms with Crippen molar-refractivity contribution in [2.45, 2.75) is 6.42 Å². The maximum atomic E-state index is 13.2. The van der Waals surface area contributed by atoms with Gasteiger partial charge in [-0.3, -0.25) is 4.79 Å². The second-order valence-corrected chi connectivity index (χ2v) is 6.25. The largest absolute Gasteiger partial charge is 0.294 e. The summed E-state index contributed by atoms with van der Waals surface area (Å²) in [5.74, 6) is -0.364. The molecule has 0 aliphatic carbocycles. The highest BCUT2D eigenvalue weighted by Crippen LogP contribution is 2.27. The van der Waals surface area contributed by atoms with E-state index in [0.717, 1.165) is 10.9 Å². The van der Waals surface area contributed by atoms with E-state index in [-0.39, 0.29) is 11.6 Å². The summed E-state index contributed by atoms with van der Waals surface area (Å²) in [4.78, 5) is 12.3. The topological polar surface area (TPSA) is 17.1 Å². The molecular formula is C16H10BrFOS. The molecule has 2 aromatic carbocycles. The van der Waals surface area contributed by atoms with Crippen LogP contribution in [0, 0.1) is 5.82 Å². The van der Waals surface area contributed by atoms with Crippen LogP contribution in [0.5, 0.6) is 0 Å². The van der Waals surface area contributed by atoms with Crippen molar-refractivity contribution in [3.05, 3.63) is 69.3 Å². The molecule has 0 amide bonds. The number of Topliss-reactive ketones (excluding diaryl/α,β-unsaturated/α-hetero) is 1. The van der Waals surface area contributed by atoms with Crippen LogP contribution >= 0.6 is 27.3 Å². The smallest absolute Gasteiger partial charge is 0.167 e. The number of carbonyl (C=O) groups is 1. The van der Waals surface area contributed by atoms with Crippen molar-refractivity contribution in [3.63, 3.8) is 0 Å². The van der Waals surface area contributed by atoms with Gasteiger partial charge in [0.25, 0.3) is 0 Å². The molecule has 0 bridgehead atoms. The van der Waals surface area contributed by atoms with Crippen molar-refractivity contribution in [1.82, 2.24) is 0 Å². The lowest BCUT2D eigenvalue weighted by Gasteiger charge is -2.02. The molecule has 0 fully saturated rings. The van der Waals surface area contributed by atoms with E-state index in [1.807, 2.05) is 29.6 Å². The third kappa shape index (κ3) is 2.53. The highest BCUT2D eigenvalue weighted by Gasteiger charge is 2.12. The molecule has 1 nitrogen and oxygen atoms in total. The first-order chi connectivity index (χ1) is 9.65. The van der Waals surface area contributed by atoms with Crippen molar-refractivity contribution in [3.8, 4) is 0 Å². The molecule has 3 aromatic rings. The summed E-state index contributed by atoms with van der Waals surface area (Å²) < 4.78 is 14.7. The maximum absolute atomic E-state index is 13.2. The molecule has 0 unspecified atom stereocenters. The Hall–Kier alpha value is -1.52. The van der Waals surface area contributed by atoms with Crippen LogP contribution in [0.3, 0.4) is 0 Å². The summed E-state index contributed by atoms with van der Waals surface area (Å²) in [6, 6.07) is 12.4. The van der Waals surface area contributed by atoms with Crippen LogP contribution in [0.15, 0.2) is 52.3 Å². The fraction of sp³-hybridized carbons (Fsp3) is 0.0625. The third-order valence-electron chi connectivity index (χ3n) is 3.15. The molecule has 1 heterocycles. The normalized spacial score (nSPS) is 10.9. The quantitative estimate of drug-likeness (QED) is 0.592. The fourth-order valence-electron chi connectivity index (χ4n) is 2.11. The van der Waals surface area contributed by atoms with Gasteiger partial charge >= 0.3 is 0 Å². The summed E-state index contributed by atoms with van der Waals surface area (Å²) in [6.07, 6.45) is 0.335. The van der Waals surface area contributed by atoms with Gasteiger partial charge in [0.2, 0.25) is 0 Å². The molecule has 1 aromatic heterocycles. The van der Waals surface area contributed by atoms with Crippen LogP contribution in [0.25, 0.3) is 10.1 Å². The average molecular weight is 349 g/mol. The van der Waals surface area contributed by atoms with Crippen LogP contribution < -0.4 is 0 Å². The molecule has 3 rings (SSSR count). The fourth-order valence-corrected chi connectivity index (χ4v) is 3.46. The van der Waals surface area contributed by atoms with Crippen LogP contribution in [0.2, 0.25) is 0 Å². The van der Waals surface area contributed by atoms with Gasteiger partial charge in [0.15, 0.2) is 5.78 Å². The predicted octanol–water partition coefficient (Wildman–Crippen LogP) is 5.23. The molecule has 0 saturated carbocycles. The summed E-state index contributed by atoms with van der Waals surface area (Å²) in [5.41, 5.74) is 1.55. The lowest BCUT2D eigenvalue weighted by atomic mass is 10.0. The number of rotatable bonds is 3. The summed E-state index contributed by atoms with van der Waals surface area (Å²) >= 11 is 4.74. The first-order valence-electron chi connectivity index (χ1n) is 6.08. The van der Waals surface area contributed by atoms with Gasteiger partial charge in [0, 0.05) is 16.7 Å². The molecule has 100 valence electrons. The summed E-state index contributed by atoms with van der Waals surface area (Å²) in [5, 5.41) is 3.13. The van der Waals surface area contributed by atoms with Crippen LogP contribution in [0.4, 0.5) is 4.39 Å². The van der Waals surface area contributed by atoms with E-state index in [1.165, 1.54) is 22.9 Å².